The molecule has 134 valence electrons. The number of amides is 1. The van der Waals surface area contributed by atoms with E-state index in [1.54, 1.807) is 0 Å². The van der Waals surface area contributed by atoms with Gasteiger partial charge in [0.15, 0.2) is 0 Å². The zero-order chi connectivity index (χ0) is 18.1. The number of nitrogens with one attached hydrogen (secondary N) is 1. The first kappa shape index (κ1) is 19.9. The van der Waals surface area contributed by atoms with Crippen LogP contribution in [0.4, 0.5) is 0 Å². The second-order valence-corrected chi connectivity index (χ2v) is 9.30. The van der Waals surface area contributed by atoms with E-state index in [-0.39, 0.29) is 11.9 Å². The number of hydrogen-bond donors (Lipinski definition) is 1. The Morgan fingerprint density at radius 2 is 1.39 bits per heavy atom. The maximum atomic E-state index is 12.4. The standard InChI is InChI=1S/C18H33NO4/c1-15(2,3)14(21)22-18(8)11-9-17(7,10-12-18)13(20)19-23-16(4,5)6/h9-12H2,1-8H3,(H,19,20). The van der Waals surface area contributed by atoms with Gasteiger partial charge in [-0.15, -0.1) is 0 Å². The summed E-state index contributed by atoms with van der Waals surface area (Å²) >= 11 is 0. The average Bonchev–Trinajstić information content (AvgIpc) is 2.38. The molecule has 1 fully saturated rings. The minimum absolute atomic E-state index is 0.100. The van der Waals surface area contributed by atoms with Crippen LogP contribution in [0.25, 0.3) is 0 Å². The third-order valence-electron chi connectivity index (χ3n) is 4.36. The molecule has 0 atom stereocenters. The molecule has 0 bridgehead atoms. The molecule has 0 aromatic heterocycles. The van der Waals surface area contributed by atoms with E-state index >= 15 is 0 Å². The van der Waals surface area contributed by atoms with E-state index in [2.05, 4.69) is 5.48 Å². The summed E-state index contributed by atoms with van der Waals surface area (Å²) in [6, 6.07) is 0. The number of carbonyl (C=O) groups excluding carboxylic acids is 2. The molecule has 1 saturated carbocycles. The van der Waals surface area contributed by atoms with Gasteiger partial charge in [-0.25, -0.2) is 5.48 Å². The summed E-state index contributed by atoms with van der Waals surface area (Å²) in [7, 11) is 0. The van der Waals surface area contributed by atoms with Crippen LogP contribution >= 0.6 is 0 Å². The molecule has 1 amide bonds. The molecule has 0 heterocycles. The number of hydroxylamine groups is 1. The number of rotatable bonds is 3. The molecule has 23 heavy (non-hydrogen) atoms. The van der Waals surface area contributed by atoms with Gasteiger partial charge in [-0.05, 0) is 74.1 Å². The molecule has 5 heteroatoms. The summed E-state index contributed by atoms with van der Waals surface area (Å²) in [4.78, 5) is 29.9. The van der Waals surface area contributed by atoms with Crippen LogP contribution in [0, 0.1) is 10.8 Å². The molecule has 0 spiro atoms. The monoisotopic (exact) mass is 327 g/mol. The Balaban J connectivity index is 2.62. The van der Waals surface area contributed by atoms with Gasteiger partial charge < -0.3 is 4.74 Å². The maximum Gasteiger partial charge on any atom is 0.311 e. The third kappa shape index (κ3) is 5.79. The Morgan fingerprint density at radius 3 is 1.78 bits per heavy atom. The number of carbonyl (C=O) groups is 2. The van der Waals surface area contributed by atoms with Crippen LogP contribution in [0.2, 0.25) is 0 Å². The summed E-state index contributed by atoms with van der Waals surface area (Å²) in [6.07, 6.45) is 2.68. The van der Waals surface area contributed by atoms with Gasteiger partial charge in [0, 0.05) is 5.41 Å². The molecule has 5 nitrogen and oxygen atoms in total. The lowest BCUT2D eigenvalue weighted by atomic mass is 9.69. The summed E-state index contributed by atoms with van der Waals surface area (Å²) in [6.45, 7) is 15.1. The fourth-order valence-electron chi connectivity index (χ4n) is 2.36. The van der Waals surface area contributed by atoms with E-state index < -0.39 is 22.0 Å². The van der Waals surface area contributed by atoms with Crippen LogP contribution in [-0.4, -0.2) is 23.1 Å². The van der Waals surface area contributed by atoms with Gasteiger partial charge in [-0.3, -0.25) is 14.4 Å². The molecular weight excluding hydrogens is 294 g/mol. The van der Waals surface area contributed by atoms with Crippen molar-refractivity contribution in [1.82, 2.24) is 5.48 Å². The Hall–Kier alpha value is -1.10. The Bertz CT molecular complexity index is 449. The van der Waals surface area contributed by atoms with Crippen LogP contribution < -0.4 is 5.48 Å². The van der Waals surface area contributed by atoms with Crippen LogP contribution in [0.5, 0.6) is 0 Å². The SMILES string of the molecule is CC(C)(C)ONC(=O)C1(C)CCC(C)(OC(=O)C(C)(C)C)CC1. The van der Waals surface area contributed by atoms with Gasteiger partial charge in [0.25, 0.3) is 0 Å². The quantitative estimate of drug-likeness (QED) is 0.633. The van der Waals surface area contributed by atoms with Crippen molar-refractivity contribution in [1.29, 1.82) is 0 Å². The van der Waals surface area contributed by atoms with Crippen molar-refractivity contribution in [3.63, 3.8) is 0 Å². The fraction of sp³-hybridized carbons (Fsp3) is 0.889. The molecule has 0 saturated heterocycles. The lowest BCUT2D eigenvalue weighted by Crippen LogP contribution is -2.48. The zero-order valence-corrected chi connectivity index (χ0v) is 16.0. The molecule has 1 aliphatic carbocycles. The number of ether oxygens (including phenoxy) is 1. The molecule has 1 N–H and O–H groups in total. The highest BCUT2D eigenvalue weighted by molar-refractivity contribution is 5.81. The van der Waals surface area contributed by atoms with Crippen molar-refractivity contribution in [3.05, 3.63) is 0 Å². The van der Waals surface area contributed by atoms with E-state index in [9.17, 15) is 9.59 Å². The highest BCUT2D eigenvalue weighted by Crippen LogP contribution is 2.43. The summed E-state index contributed by atoms with van der Waals surface area (Å²) in [5, 5.41) is 0. The normalized spacial score (nSPS) is 29.0. The van der Waals surface area contributed by atoms with Crippen LogP contribution in [0.15, 0.2) is 0 Å². The summed E-state index contributed by atoms with van der Waals surface area (Å²) in [5.74, 6) is -0.291. The van der Waals surface area contributed by atoms with Crippen molar-refractivity contribution in [2.24, 2.45) is 10.8 Å². The largest absolute Gasteiger partial charge is 0.459 e. The molecule has 1 aliphatic rings. The van der Waals surface area contributed by atoms with Crippen molar-refractivity contribution >= 4 is 11.9 Å². The molecule has 0 unspecified atom stereocenters. The Kier molecular flexibility index (Phi) is 5.57. The zero-order valence-electron chi connectivity index (χ0n) is 16.0. The predicted octanol–water partition coefficient (Wildman–Crippen LogP) is 3.76. The first-order chi connectivity index (χ1) is 10.2. The smallest absolute Gasteiger partial charge is 0.311 e. The van der Waals surface area contributed by atoms with E-state index in [1.165, 1.54) is 0 Å². The predicted molar refractivity (Wildman–Crippen MR) is 89.5 cm³/mol. The second-order valence-electron chi connectivity index (χ2n) is 9.30. The first-order valence-electron chi connectivity index (χ1n) is 8.39. The van der Waals surface area contributed by atoms with Crippen LogP contribution in [0.3, 0.4) is 0 Å². The van der Waals surface area contributed by atoms with Crippen molar-refractivity contribution in [3.8, 4) is 0 Å². The Labute approximate surface area is 140 Å². The second kappa shape index (κ2) is 6.42. The topological polar surface area (TPSA) is 64.6 Å². The minimum atomic E-state index is -0.512. The lowest BCUT2D eigenvalue weighted by Gasteiger charge is -2.42. The number of esters is 1. The molecule has 1 rings (SSSR count). The van der Waals surface area contributed by atoms with E-state index in [0.29, 0.717) is 25.7 Å². The molecule has 0 aromatic carbocycles. The number of hydrogen-bond acceptors (Lipinski definition) is 4. The molecule has 0 aliphatic heterocycles. The van der Waals surface area contributed by atoms with E-state index in [0.717, 1.165) is 0 Å². The molecule has 0 radical (unpaired) electrons. The average molecular weight is 327 g/mol. The van der Waals surface area contributed by atoms with Gasteiger partial charge >= 0.3 is 5.97 Å². The fourth-order valence-corrected chi connectivity index (χ4v) is 2.36. The van der Waals surface area contributed by atoms with E-state index in [4.69, 9.17) is 9.57 Å². The highest BCUT2D eigenvalue weighted by atomic mass is 16.7. The van der Waals surface area contributed by atoms with Gasteiger partial charge in [0.2, 0.25) is 5.91 Å². The molecular formula is C18H33NO4. The summed E-state index contributed by atoms with van der Waals surface area (Å²) < 4.78 is 5.73. The van der Waals surface area contributed by atoms with Gasteiger partial charge in [-0.2, -0.15) is 0 Å². The van der Waals surface area contributed by atoms with Crippen LogP contribution in [0.1, 0.15) is 81.1 Å². The summed E-state index contributed by atoms with van der Waals surface area (Å²) in [5.41, 5.74) is 0.669. The van der Waals surface area contributed by atoms with Crippen molar-refractivity contribution in [2.45, 2.75) is 92.3 Å². The van der Waals surface area contributed by atoms with E-state index in [1.807, 2.05) is 55.4 Å². The molecule has 0 aromatic rings. The lowest BCUT2D eigenvalue weighted by molar-refractivity contribution is -0.176. The highest BCUT2D eigenvalue weighted by Gasteiger charge is 2.45. The first-order valence-corrected chi connectivity index (χ1v) is 8.39. The van der Waals surface area contributed by atoms with Gasteiger partial charge in [0.1, 0.15) is 5.60 Å². The van der Waals surface area contributed by atoms with Crippen molar-refractivity contribution in [2.75, 3.05) is 0 Å². The van der Waals surface area contributed by atoms with Crippen LogP contribution in [-0.2, 0) is 19.2 Å². The van der Waals surface area contributed by atoms with Crippen molar-refractivity contribution < 1.29 is 19.2 Å². The third-order valence-corrected chi connectivity index (χ3v) is 4.36. The Morgan fingerprint density at radius 1 is 0.913 bits per heavy atom. The van der Waals surface area contributed by atoms with Gasteiger partial charge in [0.05, 0.1) is 11.0 Å². The van der Waals surface area contributed by atoms with Gasteiger partial charge in [-0.1, -0.05) is 6.92 Å². The minimum Gasteiger partial charge on any atom is -0.459 e. The maximum absolute atomic E-state index is 12.4.